The molecule has 1 atom stereocenters. The third-order valence-corrected chi connectivity index (χ3v) is 9.51. The Balaban J connectivity index is 3.99. The van der Waals surface area contributed by atoms with Crippen molar-refractivity contribution in [2.75, 3.05) is 39.5 Å². The van der Waals surface area contributed by atoms with Crippen LogP contribution >= 0.6 is 0 Å². The lowest BCUT2D eigenvalue weighted by atomic mass is 10.1. The van der Waals surface area contributed by atoms with Crippen LogP contribution in [0, 0.1) is 0 Å². The first-order valence-electron chi connectivity index (χ1n) is 21.8. The van der Waals surface area contributed by atoms with Crippen LogP contribution in [-0.4, -0.2) is 55.8 Å². The summed E-state index contributed by atoms with van der Waals surface area (Å²) in [7, 11) is 0. The van der Waals surface area contributed by atoms with E-state index in [0.29, 0.717) is 6.54 Å². The summed E-state index contributed by atoms with van der Waals surface area (Å²) < 4.78 is 12.6. The van der Waals surface area contributed by atoms with Gasteiger partial charge in [-0.3, -0.25) is 4.90 Å². The van der Waals surface area contributed by atoms with Crippen LogP contribution in [0.15, 0.2) is 36.5 Å². The van der Waals surface area contributed by atoms with Crippen molar-refractivity contribution in [3.63, 3.8) is 0 Å². The molecule has 0 saturated carbocycles. The van der Waals surface area contributed by atoms with Crippen LogP contribution in [0.5, 0.6) is 0 Å². The molecule has 0 aliphatic carbocycles. The fraction of sp³-hybridized carbons (Fsp3) is 0.867. The van der Waals surface area contributed by atoms with Crippen molar-refractivity contribution in [3.05, 3.63) is 36.5 Å². The summed E-state index contributed by atoms with van der Waals surface area (Å²) in [5.41, 5.74) is 0. The van der Waals surface area contributed by atoms with E-state index in [1.54, 1.807) is 0 Å². The Labute approximate surface area is 308 Å². The molecule has 1 N–H and O–H groups in total. The Morgan fingerprint density at radius 3 is 1.24 bits per heavy atom. The summed E-state index contributed by atoms with van der Waals surface area (Å²) in [6.07, 6.45) is 51.4. The van der Waals surface area contributed by atoms with Gasteiger partial charge in [0.1, 0.15) is 0 Å². The highest BCUT2D eigenvalue weighted by Gasteiger charge is 2.15. The topological polar surface area (TPSA) is 41.9 Å². The Morgan fingerprint density at radius 2 is 0.796 bits per heavy atom. The molecule has 0 aromatic heterocycles. The van der Waals surface area contributed by atoms with Gasteiger partial charge in [0.15, 0.2) is 6.29 Å². The lowest BCUT2D eigenvalue weighted by Crippen LogP contribution is -2.38. The summed E-state index contributed by atoms with van der Waals surface area (Å²) in [6, 6.07) is 0. The molecular weight excluding hydrogens is 602 g/mol. The number of ether oxygens (including phenoxy) is 2. The summed E-state index contributed by atoms with van der Waals surface area (Å²) >= 11 is 0. The van der Waals surface area contributed by atoms with Crippen LogP contribution in [0.25, 0.3) is 0 Å². The lowest BCUT2D eigenvalue weighted by Gasteiger charge is -2.27. The first-order chi connectivity index (χ1) is 24.3. The number of hydrogen-bond donors (Lipinski definition) is 1. The minimum absolute atomic E-state index is 0.186. The molecule has 0 fully saturated rings. The molecule has 0 aromatic carbocycles. The fourth-order valence-corrected chi connectivity index (χ4v) is 6.23. The Bertz CT molecular complexity index is 691. The van der Waals surface area contributed by atoms with Gasteiger partial charge in [0, 0.05) is 26.3 Å². The molecule has 4 nitrogen and oxygen atoms in total. The van der Waals surface area contributed by atoms with Gasteiger partial charge in [-0.1, -0.05) is 166 Å². The second kappa shape index (κ2) is 43.2. The minimum atomic E-state index is -0.186. The van der Waals surface area contributed by atoms with Crippen molar-refractivity contribution in [1.29, 1.82) is 0 Å². The summed E-state index contributed by atoms with van der Waals surface area (Å²) in [6.45, 7) is 11.0. The van der Waals surface area contributed by atoms with E-state index in [1.807, 2.05) is 0 Å². The van der Waals surface area contributed by atoms with Crippen LogP contribution in [0.2, 0.25) is 0 Å². The van der Waals surface area contributed by atoms with Crippen molar-refractivity contribution >= 4 is 0 Å². The van der Waals surface area contributed by atoms with Crippen molar-refractivity contribution in [3.8, 4) is 0 Å². The molecule has 0 amide bonds. The zero-order valence-corrected chi connectivity index (χ0v) is 33.5. The van der Waals surface area contributed by atoms with Gasteiger partial charge in [0.05, 0.1) is 6.61 Å². The van der Waals surface area contributed by atoms with Gasteiger partial charge in [0.25, 0.3) is 0 Å². The predicted octanol–water partition coefficient (Wildman–Crippen LogP) is 13.7. The molecule has 4 heteroatoms. The molecule has 0 saturated heterocycles. The molecule has 0 aliphatic rings. The SMILES string of the molecule is CCCCCC=CCC=CCCCCCCCCOC(CN(CCO)CCCC)OCCCCCCCCC=CCCCCCCCCC. The van der Waals surface area contributed by atoms with E-state index in [2.05, 4.69) is 62.1 Å². The minimum Gasteiger partial charge on any atom is -0.395 e. The molecule has 0 spiro atoms. The van der Waals surface area contributed by atoms with Gasteiger partial charge < -0.3 is 14.6 Å². The van der Waals surface area contributed by atoms with Crippen LogP contribution < -0.4 is 0 Å². The van der Waals surface area contributed by atoms with Crippen molar-refractivity contribution in [2.45, 2.75) is 213 Å². The average molecular weight is 690 g/mol. The summed E-state index contributed by atoms with van der Waals surface area (Å²) in [4.78, 5) is 2.32. The molecular formula is C45H87NO3. The van der Waals surface area contributed by atoms with E-state index in [-0.39, 0.29) is 12.9 Å². The molecule has 0 heterocycles. The lowest BCUT2D eigenvalue weighted by molar-refractivity contribution is -0.155. The number of nitrogens with zero attached hydrogens (tertiary/aromatic N) is 1. The van der Waals surface area contributed by atoms with E-state index >= 15 is 0 Å². The van der Waals surface area contributed by atoms with Crippen LogP contribution in [0.1, 0.15) is 207 Å². The quantitative estimate of drug-likeness (QED) is 0.0394. The average Bonchev–Trinajstić information content (AvgIpc) is 3.11. The molecule has 0 radical (unpaired) electrons. The van der Waals surface area contributed by atoms with E-state index in [1.165, 1.54) is 154 Å². The van der Waals surface area contributed by atoms with Crippen molar-refractivity contribution in [1.82, 2.24) is 4.90 Å². The first-order valence-corrected chi connectivity index (χ1v) is 21.8. The van der Waals surface area contributed by atoms with Gasteiger partial charge in [-0.25, -0.2) is 0 Å². The Hall–Kier alpha value is -0.940. The molecule has 49 heavy (non-hydrogen) atoms. The second-order valence-corrected chi connectivity index (χ2v) is 14.4. The highest BCUT2D eigenvalue weighted by Crippen LogP contribution is 2.13. The third-order valence-electron chi connectivity index (χ3n) is 9.51. The monoisotopic (exact) mass is 690 g/mol. The molecule has 1 unspecified atom stereocenters. The predicted molar refractivity (Wildman–Crippen MR) is 218 cm³/mol. The smallest absolute Gasteiger partial charge is 0.170 e. The largest absolute Gasteiger partial charge is 0.395 e. The van der Waals surface area contributed by atoms with Crippen molar-refractivity contribution < 1.29 is 14.6 Å². The van der Waals surface area contributed by atoms with E-state index < -0.39 is 0 Å². The highest BCUT2D eigenvalue weighted by atomic mass is 16.7. The molecule has 290 valence electrons. The number of unbranched alkanes of at least 4 members (excludes halogenated alkanes) is 23. The molecule has 0 rings (SSSR count). The number of hydrogen-bond acceptors (Lipinski definition) is 4. The molecule has 0 aromatic rings. The van der Waals surface area contributed by atoms with E-state index in [4.69, 9.17) is 9.47 Å². The number of rotatable bonds is 41. The van der Waals surface area contributed by atoms with Crippen molar-refractivity contribution in [2.24, 2.45) is 0 Å². The Morgan fingerprint density at radius 1 is 0.429 bits per heavy atom. The fourth-order valence-electron chi connectivity index (χ4n) is 6.23. The second-order valence-electron chi connectivity index (χ2n) is 14.4. The van der Waals surface area contributed by atoms with Gasteiger partial charge in [-0.05, 0) is 83.6 Å². The standard InChI is InChI=1S/C45H87NO3/c1-4-7-10-12-14-16-18-20-22-24-26-28-30-32-34-36-38-43-49-45(44-46(40-41-47)39-9-6-3)48-42-37-35-33-31-29-27-25-23-21-19-17-15-13-11-8-5-2/h15,17,21-24,45,47H,4-14,16,18-20,25-44H2,1-3H3. The number of aliphatic hydroxyl groups excluding tert-OH is 1. The van der Waals surface area contributed by atoms with Crippen LogP contribution in [-0.2, 0) is 9.47 Å². The first kappa shape index (κ1) is 48.1. The highest BCUT2D eigenvalue weighted by molar-refractivity contribution is 4.92. The molecule has 0 aliphatic heterocycles. The normalized spacial score (nSPS) is 12.9. The maximum absolute atomic E-state index is 9.59. The van der Waals surface area contributed by atoms with Crippen LogP contribution in [0.3, 0.4) is 0 Å². The zero-order chi connectivity index (χ0) is 35.6. The van der Waals surface area contributed by atoms with Gasteiger partial charge in [-0.15, -0.1) is 0 Å². The summed E-state index contributed by atoms with van der Waals surface area (Å²) in [5.74, 6) is 0. The van der Waals surface area contributed by atoms with Gasteiger partial charge in [-0.2, -0.15) is 0 Å². The zero-order valence-electron chi connectivity index (χ0n) is 33.5. The van der Waals surface area contributed by atoms with Crippen LogP contribution in [0.4, 0.5) is 0 Å². The number of allylic oxidation sites excluding steroid dienone is 6. The van der Waals surface area contributed by atoms with E-state index in [0.717, 1.165) is 58.4 Å². The summed E-state index contributed by atoms with van der Waals surface area (Å²) in [5, 5.41) is 9.59. The van der Waals surface area contributed by atoms with Gasteiger partial charge >= 0.3 is 0 Å². The Kier molecular flexibility index (Phi) is 42.4. The number of aliphatic hydroxyl groups is 1. The van der Waals surface area contributed by atoms with Gasteiger partial charge in [0.2, 0.25) is 0 Å². The maximum Gasteiger partial charge on any atom is 0.170 e. The van der Waals surface area contributed by atoms with E-state index in [9.17, 15) is 5.11 Å². The third kappa shape index (κ3) is 39.7. The molecule has 0 bridgehead atoms. The maximum atomic E-state index is 9.59.